The van der Waals surface area contributed by atoms with E-state index in [1.165, 1.54) is 17.2 Å². The average Bonchev–Trinajstić information content (AvgIpc) is 2.28. The van der Waals surface area contributed by atoms with E-state index in [2.05, 4.69) is 4.98 Å². The number of amides is 1. The van der Waals surface area contributed by atoms with Crippen molar-refractivity contribution >= 4 is 5.91 Å². The van der Waals surface area contributed by atoms with Crippen LogP contribution in [-0.2, 0) is 4.74 Å². The molecule has 0 bridgehead atoms. The zero-order valence-electron chi connectivity index (χ0n) is 9.67. The number of ether oxygens (including phenoxy) is 1. The third-order valence-electron chi connectivity index (χ3n) is 2.38. The number of likely N-dealkylation sites (N-methyl/N-ethyl adjacent to an activating group) is 1. The molecule has 1 aromatic rings. The molecule has 1 N–H and O–H groups in total. The van der Waals surface area contributed by atoms with Crippen molar-refractivity contribution in [2.45, 2.75) is 13.0 Å². The predicted octanol–water partition coefficient (Wildman–Crippen LogP) is 0.894. The van der Waals surface area contributed by atoms with Gasteiger partial charge in [0.2, 0.25) is 0 Å². The molecular weight excluding hydrogens is 208 g/mol. The number of hydrogen-bond donors (Lipinski definition) is 1. The highest BCUT2D eigenvalue weighted by Gasteiger charge is 2.20. The average molecular weight is 224 g/mol. The molecule has 0 saturated carbocycles. The Balaban J connectivity index is 2.82. The molecule has 1 unspecified atom stereocenters. The number of aromatic hydroxyl groups is 1. The summed E-state index contributed by atoms with van der Waals surface area (Å²) in [5.41, 5.74) is 0.0629. The van der Waals surface area contributed by atoms with Gasteiger partial charge in [0.15, 0.2) is 5.69 Å². The molecule has 1 rings (SSSR count). The van der Waals surface area contributed by atoms with E-state index in [4.69, 9.17) is 4.74 Å². The molecule has 0 fully saturated rings. The molecule has 1 aromatic heterocycles. The minimum Gasteiger partial charge on any atom is -0.505 e. The summed E-state index contributed by atoms with van der Waals surface area (Å²) in [5.74, 6) is -0.424. The Morgan fingerprint density at radius 3 is 2.94 bits per heavy atom. The topological polar surface area (TPSA) is 62.7 Å². The molecule has 1 amide bonds. The van der Waals surface area contributed by atoms with Crippen molar-refractivity contribution in [2.24, 2.45) is 0 Å². The highest BCUT2D eigenvalue weighted by atomic mass is 16.5. The Labute approximate surface area is 94.7 Å². The maximum Gasteiger partial charge on any atom is 0.276 e. The summed E-state index contributed by atoms with van der Waals surface area (Å²) in [4.78, 5) is 17.3. The van der Waals surface area contributed by atoms with Crippen LogP contribution in [0.5, 0.6) is 5.75 Å². The second kappa shape index (κ2) is 5.46. The molecule has 5 nitrogen and oxygen atoms in total. The summed E-state index contributed by atoms with van der Waals surface area (Å²) in [6.07, 6.45) is 1.47. The van der Waals surface area contributed by atoms with Gasteiger partial charge >= 0.3 is 0 Å². The van der Waals surface area contributed by atoms with Gasteiger partial charge in [0, 0.05) is 20.4 Å². The smallest absolute Gasteiger partial charge is 0.276 e. The number of pyridine rings is 1. The molecule has 0 saturated heterocycles. The lowest BCUT2D eigenvalue weighted by Crippen LogP contribution is -2.38. The molecular formula is C11H16N2O3. The van der Waals surface area contributed by atoms with E-state index in [0.29, 0.717) is 6.61 Å². The molecule has 1 atom stereocenters. The second-order valence-electron chi connectivity index (χ2n) is 3.59. The molecule has 0 radical (unpaired) electrons. The number of aromatic nitrogens is 1. The van der Waals surface area contributed by atoms with Gasteiger partial charge in [-0.2, -0.15) is 0 Å². The third-order valence-corrected chi connectivity index (χ3v) is 2.38. The van der Waals surface area contributed by atoms with Crippen molar-refractivity contribution < 1.29 is 14.6 Å². The van der Waals surface area contributed by atoms with E-state index in [1.54, 1.807) is 20.2 Å². The lowest BCUT2D eigenvalue weighted by atomic mass is 10.2. The number of hydrogen-bond acceptors (Lipinski definition) is 4. The molecule has 0 aromatic carbocycles. The molecule has 0 aliphatic heterocycles. The van der Waals surface area contributed by atoms with Gasteiger partial charge in [-0.25, -0.2) is 4.98 Å². The molecule has 0 aliphatic rings. The van der Waals surface area contributed by atoms with Crippen LogP contribution < -0.4 is 0 Å². The zero-order chi connectivity index (χ0) is 12.1. The Morgan fingerprint density at radius 2 is 2.38 bits per heavy atom. The van der Waals surface area contributed by atoms with Crippen molar-refractivity contribution in [1.82, 2.24) is 9.88 Å². The number of carbonyl (C=O) groups is 1. The van der Waals surface area contributed by atoms with Crippen molar-refractivity contribution in [3.63, 3.8) is 0 Å². The van der Waals surface area contributed by atoms with E-state index in [9.17, 15) is 9.90 Å². The summed E-state index contributed by atoms with van der Waals surface area (Å²) in [6.45, 7) is 2.30. The van der Waals surface area contributed by atoms with Gasteiger partial charge in [-0.15, -0.1) is 0 Å². The number of carbonyl (C=O) groups excluding carboxylic acids is 1. The maximum absolute atomic E-state index is 11.9. The first kappa shape index (κ1) is 12.4. The van der Waals surface area contributed by atoms with E-state index >= 15 is 0 Å². The quantitative estimate of drug-likeness (QED) is 0.825. The highest BCUT2D eigenvalue weighted by molar-refractivity contribution is 5.94. The van der Waals surface area contributed by atoms with Gasteiger partial charge in [0.05, 0.1) is 12.6 Å². The second-order valence-corrected chi connectivity index (χ2v) is 3.59. The fourth-order valence-corrected chi connectivity index (χ4v) is 1.28. The van der Waals surface area contributed by atoms with Crippen LogP contribution >= 0.6 is 0 Å². The normalized spacial score (nSPS) is 12.2. The molecule has 5 heteroatoms. The van der Waals surface area contributed by atoms with E-state index < -0.39 is 0 Å². The van der Waals surface area contributed by atoms with Crippen LogP contribution in [0.25, 0.3) is 0 Å². The van der Waals surface area contributed by atoms with E-state index in [0.717, 1.165) is 0 Å². The van der Waals surface area contributed by atoms with Crippen molar-refractivity contribution in [3.05, 3.63) is 24.0 Å². The maximum atomic E-state index is 11.9. The molecule has 0 aliphatic carbocycles. The number of rotatable bonds is 4. The fourth-order valence-electron chi connectivity index (χ4n) is 1.28. The first-order valence-corrected chi connectivity index (χ1v) is 4.98. The van der Waals surface area contributed by atoms with Gasteiger partial charge in [0.25, 0.3) is 5.91 Å². The molecule has 16 heavy (non-hydrogen) atoms. The zero-order valence-corrected chi connectivity index (χ0v) is 9.67. The Bertz CT molecular complexity index is 368. The summed E-state index contributed by atoms with van der Waals surface area (Å²) in [7, 11) is 3.23. The standard InChI is InChI=1S/C11H16N2O3/c1-8(7-16-3)13(2)11(15)10-9(14)5-4-6-12-10/h4-6,8,14H,7H2,1-3H3. The van der Waals surface area contributed by atoms with Crippen LogP contribution in [0.4, 0.5) is 0 Å². The minimum atomic E-state index is -0.317. The lowest BCUT2D eigenvalue weighted by molar-refractivity contribution is 0.0625. The van der Waals surface area contributed by atoms with Crippen LogP contribution in [0.3, 0.4) is 0 Å². The van der Waals surface area contributed by atoms with Crippen LogP contribution in [0.15, 0.2) is 18.3 Å². The molecule has 0 spiro atoms. The Hall–Kier alpha value is -1.62. The monoisotopic (exact) mass is 224 g/mol. The van der Waals surface area contributed by atoms with Crippen molar-refractivity contribution in [1.29, 1.82) is 0 Å². The highest BCUT2D eigenvalue weighted by Crippen LogP contribution is 2.15. The van der Waals surface area contributed by atoms with Crippen molar-refractivity contribution in [3.8, 4) is 5.75 Å². The van der Waals surface area contributed by atoms with Gasteiger partial charge in [-0.05, 0) is 19.1 Å². The van der Waals surface area contributed by atoms with E-state index in [-0.39, 0.29) is 23.4 Å². The van der Waals surface area contributed by atoms with Gasteiger partial charge in [0.1, 0.15) is 5.75 Å². The lowest BCUT2D eigenvalue weighted by Gasteiger charge is -2.24. The van der Waals surface area contributed by atoms with Gasteiger partial charge in [-0.1, -0.05) is 0 Å². The first-order valence-electron chi connectivity index (χ1n) is 4.98. The van der Waals surface area contributed by atoms with E-state index in [1.807, 2.05) is 6.92 Å². The van der Waals surface area contributed by atoms with Crippen LogP contribution in [-0.4, -0.2) is 47.7 Å². The minimum absolute atomic E-state index is 0.0629. The third kappa shape index (κ3) is 2.70. The first-order chi connectivity index (χ1) is 7.57. The summed E-state index contributed by atoms with van der Waals surface area (Å²) < 4.78 is 4.96. The van der Waals surface area contributed by atoms with Crippen molar-refractivity contribution in [2.75, 3.05) is 20.8 Å². The summed E-state index contributed by atoms with van der Waals surface area (Å²) >= 11 is 0. The Morgan fingerprint density at radius 1 is 1.69 bits per heavy atom. The largest absolute Gasteiger partial charge is 0.505 e. The van der Waals surface area contributed by atoms with Gasteiger partial charge < -0.3 is 14.7 Å². The number of nitrogens with zero attached hydrogens (tertiary/aromatic N) is 2. The van der Waals surface area contributed by atoms with Gasteiger partial charge in [-0.3, -0.25) is 4.79 Å². The van der Waals surface area contributed by atoms with Crippen LogP contribution in [0.1, 0.15) is 17.4 Å². The summed E-state index contributed by atoms with van der Waals surface area (Å²) in [5, 5.41) is 9.50. The number of methoxy groups -OCH3 is 1. The predicted molar refractivity (Wildman–Crippen MR) is 59.3 cm³/mol. The fraction of sp³-hybridized carbons (Fsp3) is 0.455. The Kier molecular flexibility index (Phi) is 4.25. The van der Waals surface area contributed by atoms with Crippen LogP contribution in [0, 0.1) is 0 Å². The van der Waals surface area contributed by atoms with Crippen LogP contribution in [0.2, 0.25) is 0 Å². The summed E-state index contributed by atoms with van der Waals surface area (Å²) in [6, 6.07) is 2.94. The molecule has 88 valence electrons. The SMILES string of the molecule is COCC(C)N(C)C(=O)c1ncccc1O. The molecule has 1 heterocycles.